The zero-order valence-electron chi connectivity index (χ0n) is 46.3. The highest BCUT2D eigenvalue weighted by Crippen LogP contribution is 2.17. The Balaban J connectivity index is 3.42. The summed E-state index contributed by atoms with van der Waals surface area (Å²) in [4.78, 5) is 24.5. The molecule has 3 N–H and O–H groups in total. The van der Waals surface area contributed by atoms with Gasteiger partial charge in [0.1, 0.15) is 0 Å². The molecule has 406 valence electrons. The third-order valence-electron chi connectivity index (χ3n) is 14.1. The first kappa shape index (κ1) is 67.1. The largest absolute Gasteiger partial charge is 0.466 e. The molecule has 0 saturated carbocycles. The first-order valence-corrected chi connectivity index (χ1v) is 30.8. The van der Waals surface area contributed by atoms with Crippen molar-refractivity contribution in [2.24, 2.45) is 0 Å². The van der Waals surface area contributed by atoms with Crippen molar-refractivity contribution in [2.45, 2.75) is 341 Å². The van der Waals surface area contributed by atoms with E-state index in [4.69, 9.17) is 4.74 Å². The fraction of sp³-hybridized carbons (Fsp3) is 0.873. The number of unbranched alkanes of at least 4 members (excludes halogenated alkanes) is 42. The fourth-order valence-electron chi connectivity index (χ4n) is 9.39. The highest BCUT2D eigenvalue weighted by atomic mass is 16.5. The van der Waals surface area contributed by atoms with Crippen molar-refractivity contribution >= 4 is 11.9 Å². The van der Waals surface area contributed by atoms with E-state index in [2.05, 4.69) is 43.5 Å². The summed E-state index contributed by atoms with van der Waals surface area (Å²) in [6.07, 6.45) is 73.3. The number of hydrogen-bond acceptors (Lipinski definition) is 5. The normalized spacial score (nSPS) is 12.8. The van der Waals surface area contributed by atoms with E-state index in [9.17, 15) is 19.8 Å². The molecule has 0 spiro atoms. The van der Waals surface area contributed by atoms with Crippen molar-refractivity contribution < 1.29 is 24.5 Å². The van der Waals surface area contributed by atoms with E-state index >= 15 is 0 Å². The van der Waals surface area contributed by atoms with Gasteiger partial charge in [-0.1, -0.05) is 269 Å². The molecular formula is C63H119NO5. The van der Waals surface area contributed by atoms with Crippen LogP contribution in [-0.4, -0.2) is 47.4 Å². The minimum Gasteiger partial charge on any atom is -0.466 e. The highest BCUT2D eigenvalue weighted by molar-refractivity contribution is 5.76. The zero-order chi connectivity index (χ0) is 50.0. The average molecular weight is 971 g/mol. The number of nitrogens with one attached hydrogen (secondary N) is 1. The van der Waals surface area contributed by atoms with Gasteiger partial charge in [0.15, 0.2) is 0 Å². The monoisotopic (exact) mass is 970 g/mol. The number of allylic oxidation sites excluding steroid dienone is 5. The van der Waals surface area contributed by atoms with Crippen molar-refractivity contribution in [3.8, 4) is 0 Å². The number of rotatable bonds is 57. The van der Waals surface area contributed by atoms with Gasteiger partial charge >= 0.3 is 5.97 Å². The van der Waals surface area contributed by atoms with E-state index in [0.717, 1.165) is 44.9 Å². The Kier molecular flexibility index (Phi) is 57.0. The number of carbonyl (C=O) groups excluding carboxylic acids is 2. The van der Waals surface area contributed by atoms with Crippen LogP contribution in [0.25, 0.3) is 0 Å². The minimum absolute atomic E-state index is 0.00275. The topological polar surface area (TPSA) is 95.9 Å². The molecule has 2 unspecified atom stereocenters. The number of carbonyl (C=O) groups is 2. The molecule has 0 aliphatic carbocycles. The van der Waals surface area contributed by atoms with Gasteiger partial charge < -0.3 is 20.3 Å². The van der Waals surface area contributed by atoms with Gasteiger partial charge in [0.05, 0.1) is 25.4 Å². The SMILES string of the molecule is CCCCC/C=C\CCCCCCCC(=O)OCCCCCCCCCCCCCC/C=C\CCCCCCCCCCCC(=O)NC(CO)C(O)/C=C/CCCCCCCCCCCCCCC. The van der Waals surface area contributed by atoms with Gasteiger partial charge in [-0.05, 0) is 83.5 Å². The maximum absolute atomic E-state index is 12.5. The Bertz CT molecular complexity index is 1120. The number of amides is 1. The van der Waals surface area contributed by atoms with Gasteiger partial charge in [-0.2, -0.15) is 0 Å². The van der Waals surface area contributed by atoms with Crippen molar-refractivity contribution in [1.82, 2.24) is 5.32 Å². The van der Waals surface area contributed by atoms with Crippen LogP contribution >= 0.6 is 0 Å². The third kappa shape index (κ3) is 55.2. The van der Waals surface area contributed by atoms with Crippen LogP contribution in [0.2, 0.25) is 0 Å². The summed E-state index contributed by atoms with van der Waals surface area (Å²) < 4.78 is 5.46. The van der Waals surface area contributed by atoms with Gasteiger partial charge in [-0.15, -0.1) is 0 Å². The number of aliphatic hydroxyl groups is 2. The van der Waals surface area contributed by atoms with E-state index in [-0.39, 0.29) is 18.5 Å². The molecule has 6 nitrogen and oxygen atoms in total. The van der Waals surface area contributed by atoms with Crippen molar-refractivity contribution in [2.75, 3.05) is 13.2 Å². The van der Waals surface area contributed by atoms with E-state index in [1.165, 1.54) is 257 Å². The van der Waals surface area contributed by atoms with Crippen LogP contribution < -0.4 is 5.32 Å². The second-order valence-corrected chi connectivity index (χ2v) is 21.0. The van der Waals surface area contributed by atoms with Crippen LogP contribution in [-0.2, 0) is 14.3 Å². The molecule has 0 aliphatic heterocycles. The molecule has 0 radical (unpaired) electrons. The van der Waals surface area contributed by atoms with Crippen molar-refractivity contribution in [3.63, 3.8) is 0 Å². The predicted molar refractivity (Wildman–Crippen MR) is 301 cm³/mol. The maximum atomic E-state index is 12.5. The van der Waals surface area contributed by atoms with Gasteiger partial charge in [-0.25, -0.2) is 0 Å². The van der Waals surface area contributed by atoms with Gasteiger partial charge in [0.25, 0.3) is 0 Å². The fourth-order valence-corrected chi connectivity index (χ4v) is 9.39. The van der Waals surface area contributed by atoms with Crippen molar-refractivity contribution in [3.05, 3.63) is 36.5 Å². The number of aliphatic hydroxyl groups excluding tert-OH is 2. The Morgan fingerprint density at radius 1 is 0.391 bits per heavy atom. The molecule has 1 amide bonds. The quantitative estimate of drug-likeness (QED) is 0.0321. The van der Waals surface area contributed by atoms with Gasteiger partial charge in [0, 0.05) is 12.8 Å². The Hall–Kier alpha value is -1.92. The van der Waals surface area contributed by atoms with Crippen LogP contribution in [0.3, 0.4) is 0 Å². The standard InChI is InChI=1S/C63H119NO5/c1-3-5-7-9-11-13-15-17-29-32-35-39-43-47-51-55-61(66)60(59-65)64-62(67)56-52-48-44-40-36-33-30-27-25-23-21-19-18-20-22-24-26-28-31-34-38-42-46-50-54-58-69-63(68)57-53-49-45-41-37-16-14-12-10-8-6-4-2/h12,14,19,21,51,55,60-61,65-66H,3-11,13,15-18,20,22-50,52-54,56-59H2,1-2H3,(H,64,67)/b14-12-,21-19-,55-51+. The molecule has 0 heterocycles. The number of esters is 1. The lowest BCUT2D eigenvalue weighted by atomic mass is 10.0. The summed E-state index contributed by atoms with van der Waals surface area (Å²) in [6, 6.07) is -0.630. The van der Waals surface area contributed by atoms with E-state index in [1.807, 2.05) is 6.08 Å². The second-order valence-electron chi connectivity index (χ2n) is 21.0. The predicted octanol–water partition coefficient (Wildman–Crippen LogP) is 19.2. The van der Waals surface area contributed by atoms with Gasteiger partial charge in [-0.3, -0.25) is 9.59 Å². The minimum atomic E-state index is -0.846. The summed E-state index contributed by atoms with van der Waals surface area (Å²) in [5.41, 5.74) is 0. The van der Waals surface area contributed by atoms with E-state index in [0.29, 0.717) is 19.4 Å². The molecule has 0 aliphatic rings. The summed E-state index contributed by atoms with van der Waals surface area (Å²) >= 11 is 0. The Morgan fingerprint density at radius 3 is 1.06 bits per heavy atom. The lowest BCUT2D eigenvalue weighted by Crippen LogP contribution is -2.45. The molecular weight excluding hydrogens is 851 g/mol. The number of ether oxygens (including phenoxy) is 1. The third-order valence-corrected chi connectivity index (χ3v) is 14.1. The highest BCUT2D eigenvalue weighted by Gasteiger charge is 2.18. The summed E-state index contributed by atoms with van der Waals surface area (Å²) in [6.45, 7) is 4.89. The average Bonchev–Trinajstić information content (AvgIpc) is 3.35. The van der Waals surface area contributed by atoms with Crippen LogP contribution in [0.1, 0.15) is 328 Å². The summed E-state index contributed by atoms with van der Waals surface area (Å²) in [5.74, 6) is -0.0673. The second kappa shape index (κ2) is 58.6. The van der Waals surface area contributed by atoms with Gasteiger partial charge in [0.2, 0.25) is 5.91 Å². The Morgan fingerprint density at radius 2 is 0.681 bits per heavy atom. The van der Waals surface area contributed by atoms with Crippen LogP contribution in [0, 0.1) is 0 Å². The first-order valence-electron chi connectivity index (χ1n) is 30.8. The van der Waals surface area contributed by atoms with Crippen LogP contribution in [0.15, 0.2) is 36.5 Å². The van der Waals surface area contributed by atoms with Crippen LogP contribution in [0.5, 0.6) is 0 Å². The smallest absolute Gasteiger partial charge is 0.305 e. The lowest BCUT2D eigenvalue weighted by Gasteiger charge is -2.20. The lowest BCUT2D eigenvalue weighted by molar-refractivity contribution is -0.143. The molecule has 0 rings (SSSR count). The van der Waals surface area contributed by atoms with E-state index in [1.54, 1.807) is 6.08 Å². The molecule has 69 heavy (non-hydrogen) atoms. The molecule has 0 bridgehead atoms. The molecule has 0 fully saturated rings. The van der Waals surface area contributed by atoms with Crippen molar-refractivity contribution in [1.29, 1.82) is 0 Å². The molecule has 0 aromatic carbocycles. The zero-order valence-corrected chi connectivity index (χ0v) is 46.3. The molecule has 0 saturated heterocycles. The first-order chi connectivity index (χ1) is 34.0. The molecule has 6 heteroatoms. The molecule has 0 aromatic rings. The molecule has 0 aromatic heterocycles. The maximum Gasteiger partial charge on any atom is 0.305 e. The van der Waals surface area contributed by atoms with E-state index < -0.39 is 12.1 Å². The number of hydrogen-bond donors (Lipinski definition) is 3. The summed E-state index contributed by atoms with van der Waals surface area (Å²) in [5, 5.41) is 23.1. The summed E-state index contributed by atoms with van der Waals surface area (Å²) in [7, 11) is 0. The molecule has 2 atom stereocenters. The van der Waals surface area contributed by atoms with Crippen LogP contribution in [0.4, 0.5) is 0 Å². The Labute approximate surface area is 430 Å².